The van der Waals surface area contributed by atoms with Crippen molar-refractivity contribution < 1.29 is 13.9 Å². The molecule has 106 valence electrons. The van der Waals surface area contributed by atoms with E-state index in [1.54, 1.807) is 12.1 Å². The zero-order chi connectivity index (χ0) is 13.9. The number of benzene rings is 1. The van der Waals surface area contributed by atoms with E-state index in [1.165, 1.54) is 6.07 Å². The summed E-state index contributed by atoms with van der Waals surface area (Å²) in [6.45, 7) is 8.33. The molecule has 0 aliphatic carbocycles. The van der Waals surface area contributed by atoms with Gasteiger partial charge >= 0.3 is 0 Å². The zero-order valence-electron chi connectivity index (χ0n) is 11.8. The molecule has 0 amide bonds. The van der Waals surface area contributed by atoms with Gasteiger partial charge in [0.15, 0.2) is 0 Å². The van der Waals surface area contributed by atoms with Crippen LogP contribution in [0.25, 0.3) is 0 Å². The Bertz CT molecular complexity index is 434. The number of halogens is 1. The molecule has 0 spiro atoms. The normalized spacial score (nSPS) is 18.2. The fraction of sp³-hybridized carbons (Fsp3) is 0.600. The van der Waals surface area contributed by atoms with Crippen LogP contribution < -0.4 is 10.1 Å². The van der Waals surface area contributed by atoms with Crippen molar-refractivity contribution >= 4 is 0 Å². The number of nitrogens with one attached hydrogen (secondary N) is 1. The highest BCUT2D eigenvalue weighted by Gasteiger charge is 2.24. The van der Waals surface area contributed by atoms with Gasteiger partial charge < -0.3 is 14.8 Å². The first-order chi connectivity index (χ1) is 9.00. The fourth-order valence-corrected chi connectivity index (χ4v) is 2.38. The molecule has 0 fully saturated rings. The Labute approximate surface area is 114 Å². The van der Waals surface area contributed by atoms with Crippen molar-refractivity contribution in [2.24, 2.45) is 0 Å². The Morgan fingerprint density at radius 3 is 3.00 bits per heavy atom. The van der Waals surface area contributed by atoms with Gasteiger partial charge in [0, 0.05) is 31.7 Å². The third kappa shape index (κ3) is 3.91. The van der Waals surface area contributed by atoms with E-state index in [0.29, 0.717) is 6.61 Å². The first-order valence-electron chi connectivity index (χ1n) is 6.80. The molecule has 1 aliphatic heterocycles. The third-order valence-electron chi connectivity index (χ3n) is 3.22. The fourth-order valence-electron chi connectivity index (χ4n) is 2.38. The molecule has 4 heteroatoms. The minimum absolute atomic E-state index is 0.0780. The lowest BCUT2D eigenvalue weighted by Gasteiger charge is -2.25. The van der Waals surface area contributed by atoms with Crippen LogP contribution in [-0.2, 0) is 11.2 Å². The molecule has 1 atom stereocenters. The Hall–Kier alpha value is -1.13. The first kappa shape index (κ1) is 14.3. The summed E-state index contributed by atoms with van der Waals surface area (Å²) < 4.78 is 24.5. The van der Waals surface area contributed by atoms with Gasteiger partial charge in [0.25, 0.3) is 0 Å². The van der Waals surface area contributed by atoms with Gasteiger partial charge in [0.1, 0.15) is 17.7 Å². The van der Waals surface area contributed by atoms with E-state index in [1.807, 2.05) is 6.92 Å². The van der Waals surface area contributed by atoms with Crippen molar-refractivity contribution in [1.29, 1.82) is 0 Å². The smallest absolute Gasteiger partial charge is 0.123 e. The Morgan fingerprint density at radius 1 is 1.47 bits per heavy atom. The molecule has 3 nitrogen and oxygen atoms in total. The highest BCUT2D eigenvalue weighted by atomic mass is 19.1. The highest BCUT2D eigenvalue weighted by molar-refractivity contribution is 5.37. The first-order valence-corrected chi connectivity index (χ1v) is 6.80. The van der Waals surface area contributed by atoms with Gasteiger partial charge in [0.2, 0.25) is 0 Å². The maximum Gasteiger partial charge on any atom is 0.123 e. The van der Waals surface area contributed by atoms with Crippen LogP contribution in [0.4, 0.5) is 4.39 Å². The van der Waals surface area contributed by atoms with E-state index in [2.05, 4.69) is 19.2 Å². The number of ether oxygens (including phenoxy) is 2. The quantitative estimate of drug-likeness (QED) is 0.859. The molecule has 0 bridgehead atoms. The van der Waals surface area contributed by atoms with E-state index >= 15 is 0 Å². The molecule has 1 N–H and O–H groups in total. The molecule has 0 saturated carbocycles. The lowest BCUT2D eigenvalue weighted by Crippen LogP contribution is -2.41. The summed E-state index contributed by atoms with van der Waals surface area (Å²) in [5.41, 5.74) is 0.780. The predicted octanol–water partition coefficient (Wildman–Crippen LogP) is 2.53. The molecule has 2 rings (SSSR count). The van der Waals surface area contributed by atoms with Crippen molar-refractivity contribution in [2.75, 3.05) is 19.7 Å². The van der Waals surface area contributed by atoms with Crippen LogP contribution in [0.2, 0.25) is 0 Å². The maximum absolute atomic E-state index is 13.1. The van der Waals surface area contributed by atoms with Crippen LogP contribution in [-0.4, -0.2) is 31.4 Å². The Kier molecular flexibility index (Phi) is 4.42. The Morgan fingerprint density at radius 2 is 2.26 bits per heavy atom. The second-order valence-corrected chi connectivity index (χ2v) is 5.52. The maximum atomic E-state index is 13.1. The topological polar surface area (TPSA) is 30.5 Å². The van der Waals surface area contributed by atoms with Crippen molar-refractivity contribution in [3.05, 3.63) is 29.6 Å². The van der Waals surface area contributed by atoms with Crippen molar-refractivity contribution in [1.82, 2.24) is 5.32 Å². The van der Waals surface area contributed by atoms with Crippen LogP contribution in [0, 0.1) is 5.82 Å². The SMILES string of the molecule is CCOC(C)(C)CNCC1Cc2cc(F)ccc2O1. The van der Waals surface area contributed by atoms with Crippen molar-refractivity contribution in [2.45, 2.75) is 38.9 Å². The summed E-state index contributed by atoms with van der Waals surface area (Å²) in [6, 6.07) is 4.70. The van der Waals surface area contributed by atoms with Crippen LogP contribution in [0.15, 0.2) is 18.2 Å². The minimum atomic E-state index is -0.201. The van der Waals surface area contributed by atoms with Gasteiger partial charge in [-0.2, -0.15) is 0 Å². The molecule has 0 aromatic heterocycles. The molecule has 1 heterocycles. The second-order valence-electron chi connectivity index (χ2n) is 5.52. The predicted molar refractivity (Wildman–Crippen MR) is 73.1 cm³/mol. The molecule has 19 heavy (non-hydrogen) atoms. The third-order valence-corrected chi connectivity index (χ3v) is 3.22. The van der Waals surface area contributed by atoms with E-state index in [0.717, 1.165) is 30.8 Å². The van der Waals surface area contributed by atoms with Gasteiger partial charge in [-0.3, -0.25) is 0 Å². The van der Waals surface area contributed by atoms with Crippen LogP contribution in [0.5, 0.6) is 5.75 Å². The van der Waals surface area contributed by atoms with Crippen molar-refractivity contribution in [3.63, 3.8) is 0 Å². The van der Waals surface area contributed by atoms with Crippen molar-refractivity contribution in [3.8, 4) is 5.75 Å². The summed E-state index contributed by atoms with van der Waals surface area (Å²) in [7, 11) is 0. The average Bonchev–Trinajstić information content (AvgIpc) is 2.70. The number of rotatable bonds is 6. The number of fused-ring (bicyclic) bond motifs is 1. The second kappa shape index (κ2) is 5.88. The Balaban J connectivity index is 1.78. The van der Waals surface area contributed by atoms with E-state index < -0.39 is 0 Å². The van der Waals surface area contributed by atoms with Gasteiger partial charge in [0.05, 0.1) is 5.60 Å². The van der Waals surface area contributed by atoms with Gasteiger partial charge in [-0.05, 0) is 39.0 Å². The number of hydrogen-bond donors (Lipinski definition) is 1. The lowest BCUT2D eigenvalue weighted by molar-refractivity contribution is -0.00980. The molecular formula is C15H22FNO2. The molecule has 1 unspecified atom stereocenters. The minimum Gasteiger partial charge on any atom is -0.488 e. The lowest BCUT2D eigenvalue weighted by atomic mass is 10.1. The van der Waals surface area contributed by atoms with Crippen LogP contribution >= 0.6 is 0 Å². The van der Waals surface area contributed by atoms with Crippen LogP contribution in [0.3, 0.4) is 0 Å². The summed E-state index contributed by atoms with van der Waals surface area (Å²) in [5, 5.41) is 3.36. The summed E-state index contributed by atoms with van der Waals surface area (Å²) in [4.78, 5) is 0. The van der Waals surface area contributed by atoms with E-state index in [-0.39, 0.29) is 17.5 Å². The standard InChI is InChI=1S/C15H22FNO2/c1-4-18-15(2,3)10-17-9-13-8-11-7-12(16)5-6-14(11)19-13/h5-7,13,17H,4,8-10H2,1-3H3. The van der Waals surface area contributed by atoms with E-state index in [9.17, 15) is 4.39 Å². The highest BCUT2D eigenvalue weighted by Crippen LogP contribution is 2.28. The molecule has 1 aromatic carbocycles. The summed E-state index contributed by atoms with van der Waals surface area (Å²) in [5.74, 6) is 0.603. The average molecular weight is 267 g/mol. The number of hydrogen-bond acceptors (Lipinski definition) is 3. The monoisotopic (exact) mass is 267 g/mol. The van der Waals surface area contributed by atoms with Crippen LogP contribution in [0.1, 0.15) is 26.3 Å². The van der Waals surface area contributed by atoms with Gasteiger partial charge in [-0.25, -0.2) is 4.39 Å². The molecular weight excluding hydrogens is 245 g/mol. The summed E-state index contributed by atoms with van der Waals surface area (Å²) >= 11 is 0. The zero-order valence-corrected chi connectivity index (χ0v) is 11.8. The molecule has 1 aromatic rings. The van der Waals surface area contributed by atoms with Gasteiger partial charge in [-0.1, -0.05) is 0 Å². The largest absolute Gasteiger partial charge is 0.488 e. The molecule has 0 saturated heterocycles. The van der Waals surface area contributed by atoms with Gasteiger partial charge in [-0.15, -0.1) is 0 Å². The molecule has 1 aliphatic rings. The summed E-state index contributed by atoms with van der Waals surface area (Å²) in [6.07, 6.45) is 0.837. The van der Waals surface area contributed by atoms with E-state index in [4.69, 9.17) is 9.47 Å². The molecule has 0 radical (unpaired) electrons.